The molecule has 19 heavy (non-hydrogen) atoms. The number of thioether (sulfide) groups is 1. The van der Waals surface area contributed by atoms with Crippen molar-refractivity contribution in [1.29, 1.82) is 0 Å². The summed E-state index contributed by atoms with van der Waals surface area (Å²) in [6.07, 6.45) is 1.75. The molecular formula is C14H9NO2S2. The first-order valence-electron chi connectivity index (χ1n) is 5.62. The molecule has 94 valence electrons. The van der Waals surface area contributed by atoms with Gasteiger partial charge >= 0.3 is 0 Å². The van der Waals surface area contributed by atoms with Crippen LogP contribution in [0.15, 0.2) is 47.4 Å². The zero-order valence-electron chi connectivity index (χ0n) is 9.75. The van der Waals surface area contributed by atoms with E-state index in [2.05, 4.69) is 5.32 Å². The van der Waals surface area contributed by atoms with Crippen molar-refractivity contribution in [3.8, 4) is 10.4 Å². The fourth-order valence-corrected chi connectivity index (χ4v) is 3.44. The third kappa shape index (κ3) is 2.62. The van der Waals surface area contributed by atoms with E-state index in [0.29, 0.717) is 4.91 Å². The van der Waals surface area contributed by atoms with Crippen LogP contribution < -0.4 is 5.32 Å². The van der Waals surface area contributed by atoms with E-state index in [-0.39, 0.29) is 11.1 Å². The molecule has 0 unspecified atom stereocenters. The molecule has 0 aliphatic carbocycles. The lowest BCUT2D eigenvalue weighted by atomic mass is 10.2. The van der Waals surface area contributed by atoms with Gasteiger partial charge in [0.05, 0.1) is 4.91 Å². The highest BCUT2D eigenvalue weighted by Gasteiger charge is 2.25. The third-order valence-electron chi connectivity index (χ3n) is 2.60. The van der Waals surface area contributed by atoms with Crippen LogP contribution >= 0.6 is 23.1 Å². The lowest BCUT2D eigenvalue weighted by molar-refractivity contribution is -0.115. The van der Waals surface area contributed by atoms with Crippen molar-refractivity contribution in [3.63, 3.8) is 0 Å². The number of imide groups is 1. The average Bonchev–Trinajstić information content (AvgIpc) is 2.99. The van der Waals surface area contributed by atoms with E-state index >= 15 is 0 Å². The Bertz CT molecular complexity index is 674. The van der Waals surface area contributed by atoms with Gasteiger partial charge in [-0.1, -0.05) is 30.3 Å². The third-order valence-corrected chi connectivity index (χ3v) is 4.49. The van der Waals surface area contributed by atoms with E-state index in [4.69, 9.17) is 0 Å². The van der Waals surface area contributed by atoms with Crippen molar-refractivity contribution < 1.29 is 9.59 Å². The van der Waals surface area contributed by atoms with E-state index in [0.717, 1.165) is 27.1 Å². The summed E-state index contributed by atoms with van der Waals surface area (Å²) in [5.74, 6) is -0.315. The van der Waals surface area contributed by atoms with Gasteiger partial charge in [-0.15, -0.1) is 11.3 Å². The Morgan fingerprint density at radius 1 is 1.00 bits per heavy atom. The highest BCUT2D eigenvalue weighted by molar-refractivity contribution is 8.18. The predicted octanol–water partition coefficient (Wildman–Crippen LogP) is 3.74. The molecule has 1 aliphatic rings. The number of thiophene rings is 1. The largest absolute Gasteiger partial charge is 0.290 e. The van der Waals surface area contributed by atoms with Crippen LogP contribution in [0.3, 0.4) is 0 Å². The van der Waals surface area contributed by atoms with Crippen LogP contribution in [0.4, 0.5) is 4.79 Å². The second-order valence-electron chi connectivity index (χ2n) is 3.92. The van der Waals surface area contributed by atoms with Crippen molar-refractivity contribution >= 4 is 40.3 Å². The molecule has 2 amide bonds. The molecule has 1 aliphatic heterocycles. The monoisotopic (exact) mass is 287 g/mol. The number of rotatable bonds is 2. The number of nitrogens with one attached hydrogen (secondary N) is 1. The molecule has 1 N–H and O–H groups in total. The number of carbonyl (C=O) groups excluding carboxylic acids is 2. The molecule has 1 aromatic carbocycles. The second kappa shape index (κ2) is 5.03. The van der Waals surface area contributed by atoms with E-state index in [9.17, 15) is 9.59 Å². The Kier molecular flexibility index (Phi) is 3.23. The fourth-order valence-electron chi connectivity index (χ4n) is 1.74. The maximum absolute atomic E-state index is 11.4. The smallest absolute Gasteiger partial charge is 0.282 e. The van der Waals surface area contributed by atoms with Gasteiger partial charge in [0.1, 0.15) is 0 Å². The molecule has 3 rings (SSSR count). The lowest BCUT2D eigenvalue weighted by Gasteiger charge is -1.94. The normalized spacial score (nSPS) is 16.9. The summed E-state index contributed by atoms with van der Waals surface area (Å²) in [7, 11) is 0. The molecule has 5 heteroatoms. The van der Waals surface area contributed by atoms with Crippen LogP contribution in [-0.4, -0.2) is 11.1 Å². The Hall–Kier alpha value is -1.85. The van der Waals surface area contributed by atoms with E-state index in [1.54, 1.807) is 17.4 Å². The van der Waals surface area contributed by atoms with Crippen molar-refractivity contribution in [2.75, 3.05) is 0 Å². The Labute approximate surface area is 118 Å². The van der Waals surface area contributed by atoms with Gasteiger partial charge in [0.2, 0.25) is 0 Å². The SMILES string of the molecule is O=C1NC(=O)C(=Cc2ccc(-c3ccccc3)s2)S1. The number of hydrogen-bond donors (Lipinski definition) is 1. The van der Waals surface area contributed by atoms with Gasteiger partial charge in [-0.2, -0.15) is 0 Å². The summed E-state index contributed by atoms with van der Waals surface area (Å²) in [5, 5.41) is 1.94. The summed E-state index contributed by atoms with van der Waals surface area (Å²) >= 11 is 2.54. The van der Waals surface area contributed by atoms with Crippen LogP contribution in [0, 0.1) is 0 Å². The average molecular weight is 287 g/mol. The second-order valence-corrected chi connectivity index (χ2v) is 6.05. The van der Waals surface area contributed by atoms with Gasteiger partial charge in [0, 0.05) is 9.75 Å². The van der Waals surface area contributed by atoms with Gasteiger partial charge in [-0.25, -0.2) is 0 Å². The van der Waals surface area contributed by atoms with Crippen molar-refractivity contribution in [1.82, 2.24) is 5.32 Å². The number of hydrogen-bond acceptors (Lipinski definition) is 4. The maximum atomic E-state index is 11.4. The van der Waals surface area contributed by atoms with Crippen molar-refractivity contribution in [3.05, 3.63) is 52.2 Å². The summed E-state index contributed by atoms with van der Waals surface area (Å²) in [6, 6.07) is 14.0. The van der Waals surface area contributed by atoms with E-state index < -0.39 is 0 Å². The first-order valence-corrected chi connectivity index (χ1v) is 7.26. The minimum atomic E-state index is -0.315. The molecular weight excluding hydrogens is 278 g/mol. The number of carbonyl (C=O) groups is 2. The summed E-state index contributed by atoms with van der Waals surface area (Å²) in [6.45, 7) is 0. The van der Waals surface area contributed by atoms with E-state index in [1.807, 2.05) is 42.5 Å². The lowest BCUT2D eigenvalue weighted by Crippen LogP contribution is -2.17. The highest BCUT2D eigenvalue weighted by Crippen LogP contribution is 2.32. The molecule has 0 bridgehead atoms. The van der Waals surface area contributed by atoms with E-state index in [1.165, 1.54) is 0 Å². The van der Waals surface area contributed by atoms with Crippen LogP contribution in [-0.2, 0) is 4.79 Å². The highest BCUT2D eigenvalue weighted by atomic mass is 32.2. The van der Waals surface area contributed by atoms with Crippen LogP contribution in [0.5, 0.6) is 0 Å². The molecule has 2 aromatic rings. The standard InChI is InChI=1S/C14H9NO2S2/c16-13-12(19-14(17)15-13)8-10-6-7-11(18-10)9-4-2-1-3-5-9/h1-8H,(H,15,16,17). The van der Waals surface area contributed by atoms with Gasteiger partial charge in [0.15, 0.2) is 0 Å². The van der Waals surface area contributed by atoms with Crippen molar-refractivity contribution in [2.24, 2.45) is 0 Å². The molecule has 1 saturated heterocycles. The summed E-state index contributed by atoms with van der Waals surface area (Å²) < 4.78 is 0. The molecule has 3 nitrogen and oxygen atoms in total. The Morgan fingerprint density at radius 3 is 2.47 bits per heavy atom. The molecule has 0 atom stereocenters. The zero-order chi connectivity index (χ0) is 13.2. The van der Waals surface area contributed by atoms with Gasteiger partial charge < -0.3 is 0 Å². The summed E-state index contributed by atoms with van der Waals surface area (Å²) in [4.78, 5) is 25.1. The Morgan fingerprint density at radius 2 is 1.79 bits per heavy atom. The number of benzene rings is 1. The molecule has 1 aromatic heterocycles. The minimum Gasteiger partial charge on any atom is -0.282 e. The van der Waals surface area contributed by atoms with Crippen LogP contribution in [0.25, 0.3) is 16.5 Å². The molecule has 1 fully saturated rings. The first-order chi connectivity index (χ1) is 9.22. The predicted molar refractivity (Wildman–Crippen MR) is 78.9 cm³/mol. The Balaban J connectivity index is 1.89. The number of amides is 2. The van der Waals surface area contributed by atoms with Gasteiger partial charge in [-0.3, -0.25) is 14.9 Å². The molecule has 0 saturated carbocycles. The van der Waals surface area contributed by atoms with Crippen molar-refractivity contribution in [2.45, 2.75) is 0 Å². The van der Waals surface area contributed by atoms with Gasteiger partial charge in [-0.05, 0) is 35.5 Å². The quantitative estimate of drug-likeness (QED) is 0.856. The van der Waals surface area contributed by atoms with Gasteiger partial charge in [0.25, 0.3) is 11.1 Å². The molecule has 0 spiro atoms. The fraction of sp³-hybridized carbons (Fsp3) is 0. The maximum Gasteiger partial charge on any atom is 0.290 e. The molecule has 0 radical (unpaired) electrons. The molecule has 2 heterocycles. The minimum absolute atomic E-state index is 0.309. The van der Waals surface area contributed by atoms with Crippen LogP contribution in [0.2, 0.25) is 0 Å². The first kappa shape index (κ1) is 12.2. The topological polar surface area (TPSA) is 46.2 Å². The van der Waals surface area contributed by atoms with Crippen LogP contribution in [0.1, 0.15) is 4.88 Å². The summed E-state index contributed by atoms with van der Waals surface area (Å²) in [5.41, 5.74) is 1.15. The zero-order valence-corrected chi connectivity index (χ0v) is 11.4.